The van der Waals surface area contributed by atoms with Crippen molar-refractivity contribution in [3.63, 3.8) is 0 Å². The first-order valence-electron chi connectivity index (χ1n) is 0.756. The Morgan fingerprint density at radius 1 is 0.833 bits per heavy atom. The molecule has 0 saturated heterocycles. The first-order chi connectivity index (χ1) is 2.00. The van der Waals surface area contributed by atoms with Gasteiger partial charge in [0.1, 0.15) is 0 Å². The van der Waals surface area contributed by atoms with E-state index in [1.54, 1.807) is 0 Å². The molecule has 0 spiro atoms. The molecule has 0 saturated carbocycles. The van der Waals surface area contributed by atoms with Crippen molar-refractivity contribution in [3.05, 3.63) is 0 Å². The van der Waals surface area contributed by atoms with E-state index in [0.717, 1.165) is 0 Å². The van der Waals surface area contributed by atoms with Gasteiger partial charge in [0, 0.05) is 0 Å². The Morgan fingerprint density at radius 2 is 0.833 bits per heavy atom. The molecule has 0 aliphatic heterocycles. The van der Waals surface area contributed by atoms with Crippen molar-refractivity contribution in [2.75, 3.05) is 0 Å². The summed E-state index contributed by atoms with van der Waals surface area (Å²) in [5.74, 6) is 0. The van der Waals surface area contributed by atoms with Gasteiger partial charge in [-0.1, -0.05) is 0 Å². The Kier molecular flexibility index (Phi) is 6.91. The van der Waals surface area contributed by atoms with Gasteiger partial charge >= 0.3 is 49.6 Å². The predicted molar refractivity (Wildman–Crippen MR) is 31.7 cm³/mol. The average Bonchev–Trinajstić information content (AvgIpc) is 0.722. The Balaban J connectivity index is 0. The zero-order chi connectivity index (χ0) is 4.50. The SMILES string of the molecule is F.[Cl][Sn]([Cl])([Cl])[Cl]. The van der Waals surface area contributed by atoms with Crippen molar-refractivity contribution >= 4 is 49.6 Å². The van der Waals surface area contributed by atoms with Crippen molar-refractivity contribution in [2.24, 2.45) is 0 Å². The summed E-state index contributed by atoms with van der Waals surface area (Å²) in [6, 6.07) is 0. The summed E-state index contributed by atoms with van der Waals surface area (Å²) in [5.41, 5.74) is 0. The Bertz CT molecular complexity index is 23.0. The average molecular weight is 281 g/mol. The zero-order valence-corrected chi connectivity index (χ0v) is 8.30. The van der Waals surface area contributed by atoms with Crippen LogP contribution in [-0.4, -0.2) is 13.9 Å². The Labute approximate surface area is 53.8 Å². The van der Waals surface area contributed by atoms with E-state index in [-0.39, 0.29) is 4.70 Å². The molecular formula is HCl4FSn. The molecule has 0 radical (unpaired) electrons. The fourth-order valence-electron chi connectivity index (χ4n) is 0. The summed E-state index contributed by atoms with van der Waals surface area (Å²) in [5, 5.41) is 0. The van der Waals surface area contributed by atoms with E-state index < -0.39 is 13.9 Å². The molecule has 0 aliphatic rings. The topological polar surface area (TPSA) is 0 Å². The molecule has 6 heavy (non-hydrogen) atoms. The van der Waals surface area contributed by atoms with E-state index in [1.165, 1.54) is 0 Å². The molecule has 0 heterocycles. The number of hydrogen-bond acceptors (Lipinski definition) is 0. The van der Waals surface area contributed by atoms with Gasteiger partial charge in [0.15, 0.2) is 0 Å². The summed E-state index contributed by atoms with van der Waals surface area (Å²) in [7, 11) is 20.1. The molecule has 0 fully saturated rings. The molecule has 0 aromatic carbocycles. The fourth-order valence-corrected chi connectivity index (χ4v) is 0. The third-order valence-corrected chi connectivity index (χ3v) is 0. The van der Waals surface area contributed by atoms with Crippen molar-refractivity contribution in [3.8, 4) is 0 Å². The molecule has 0 nitrogen and oxygen atoms in total. The van der Waals surface area contributed by atoms with Crippen LogP contribution in [0, 0.1) is 0 Å². The second-order valence-electron chi connectivity index (χ2n) is 0.429. The van der Waals surface area contributed by atoms with Crippen LogP contribution in [0.1, 0.15) is 0 Å². The molecular weight excluding hydrogens is 280 g/mol. The minimum absolute atomic E-state index is 0. The summed E-state index contributed by atoms with van der Waals surface area (Å²) >= 11 is -3.29. The summed E-state index contributed by atoms with van der Waals surface area (Å²) in [4.78, 5) is 0. The van der Waals surface area contributed by atoms with Gasteiger partial charge in [0.2, 0.25) is 0 Å². The third kappa shape index (κ3) is 39.5. The number of halogens is 5. The van der Waals surface area contributed by atoms with Crippen molar-refractivity contribution in [2.45, 2.75) is 0 Å². The maximum atomic E-state index is 5.04. The van der Waals surface area contributed by atoms with Gasteiger partial charge in [-0.3, -0.25) is 4.70 Å². The molecule has 0 aromatic rings. The van der Waals surface area contributed by atoms with Crippen LogP contribution < -0.4 is 0 Å². The van der Waals surface area contributed by atoms with E-state index in [1.807, 2.05) is 0 Å². The quantitative estimate of drug-likeness (QED) is 0.598. The van der Waals surface area contributed by atoms with Crippen LogP contribution in [-0.2, 0) is 0 Å². The molecule has 0 atom stereocenters. The molecule has 6 heteroatoms. The van der Waals surface area contributed by atoms with Gasteiger partial charge < -0.3 is 0 Å². The number of rotatable bonds is 0. The van der Waals surface area contributed by atoms with Gasteiger partial charge in [0.05, 0.1) is 0 Å². The maximum absolute atomic E-state index is 5.04. The first-order valence-corrected chi connectivity index (χ1v) is 15.2. The van der Waals surface area contributed by atoms with Crippen LogP contribution in [0.2, 0.25) is 0 Å². The summed E-state index contributed by atoms with van der Waals surface area (Å²) in [6.07, 6.45) is 0. The third-order valence-electron chi connectivity index (χ3n) is 0. The van der Waals surface area contributed by atoms with Crippen LogP contribution in [0.4, 0.5) is 4.70 Å². The molecule has 0 aromatic heterocycles. The molecule has 0 bridgehead atoms. The van der Waals surface area contributed by atoms with E-state index in [2.05, 4.69) is 0 Å². The van der Waals surface area contributed by atoms with Crippen LogP contribution in [0.3, 0.4) is 0 Å². The van der Waals surface area contributed by atoms with Crippen molar-refractivity contribution < 1.29 is 4.70 Å². The molecule has 40 valence electrons. The van der Waals surface area contributed by atoms with Crippen molar-refractivity contribution in [1.82, 2.24) is 0 Å². The second-order valence-corrected chi connectivity index (χ2v) is 25.9. The fraction of sp³-hybridized carbons (Fsp3) is 0. The second kappa shape index (κ2) is 3.84. The van der Waals surface area contributed by atoms with Gasteiger partial charge in [0.25, 0.3) is 0 Å². The first kappa shape index (κ1) is 10.8. The molecule has 0 unspecified atom stereocenters. The van der Waals surface area contributed by atoms with Gasteiger partial charge in [-0.25, -0.2) is 0 Å². The summed E-state index contributed by atoms with van der Waals surface area (Å²) in [6.45, 7) is 0. The van der Waals surface area contributed by atoms with Crippen LogP contribution >= 0.6 is 35.7 Å². The standard InChI is InChI=1S/4ClH.FH.Sn/h5*1H;/q;;;;;+4/p-4. The van der Waals surface area contributed by atoms with E-state index in [4.69, 9.17) is 35.7 Å². The zero-order valence-electron chi connectivity index (χ0n) is 2.42. The van der Waals surface area contributed by atoms with Crippen LogP contribution in [0.25, 0.3) is 0 Å². The van der Waals surface area contributed by atoms with E-state index >= 15 is 0 Å². The summed E-state index contributed by atoms with van der Waals surface area (Å²) < 4.78 is 0. The van der Waals surface area contributed by atoms with Crippen LogP contribution in [0.5, 0.6) is 0 Å². The van der Waals surface area contributed by atoms with Gasteiger partial charge in [-0.15, -0.1) is 0 Å². The van der Waals surface area contributed by atoms with Gasteiger partial charge in [-0.05, 0) is 0 Å². The minimum atomic E-state index is -3.29. The monoisotopic (exact) mass is 280 g/mol. The molecule has 0 N–H and O–H groups in total. The van der Waals surface area contributed by atoms with Crippen LogP contribution in [0.15, 0.2) is 0 Å². The molecule has 0 amide bonds. The number of hydrogen-bond donors (Lipinski definition) is 0. The van der Waals surface area contributed by atoms with E-state index in [9.17, 15) is 0 Å². The van der Waals surface area contributed by atoms with Gasteiger partial charge in [-0.2, -0.15) is 0 Å². The predicted octanol–water partition coefficient (Wildman–Crippen LogP) is 2.53. The van der Waals surface area contributed by atoms with Crippen molar-refractivity contribution in [1.29, 1.82) is 0 Å². The Hall–Kier alpha value is 1.89. The van der Waals surface area contributed by atoms with E-state index in [0.29, 0.717) is 0 Å². The Morgan fingerprint density at radius 3 is 0.833 bits per heavy atom. The molecule has 0 aliphatic carbocycles. The normalized spacial score (nSPS) is 10.0. The molecule has 0 rings (SSSR count).